The Hall–Kier alpha value is -3.86. The second-order valence-corrected chi connectivity index (χ2v) is 9.25. The maximum atomic E-state index is 11.7. The molecule has 34 heavy (non-hydrogen) atoms. The molecule has 4 rings (SSSR count). The fourth-order valence-corrected chi connectivity index (χ4v) is 3.70. The van der Waals surface area contributed by atoms with Crippen LogP contribution in [0.1, 0.15) is 20.7 Å². The molecular weight excluding hydrogens is 484 g/mol. The molecule has 1 heterocycles. The van der Waals surface area contributed by atoms with E-state index in [1.165, 1.54) is 12.1 Å². The molecule has 0 saturated heterocycles. The van der Waals surface area contributed by atoms with E-state index in [4.69, 9.17) is 16.9 Å². The molecule has 0 aliphatic carbocycles. The van der Waals surface area contributed by atoms with Crippen molar-refractivity contribution >= 4 is 44.1 Å². The summed E-state index contributed by atoms with van der Waals surface area (Å²) in [5.74, 6) is -2.03. The Bertz CT molecular complexity index is 1480. The van der Waals surface area contributed by atoms with E-state index in [2.05, 4.69) is 14.9 Å². The second-order valence-electron chi connectivity index (χ2n) is 6.91. The molecule has 0 bridgehead atoms. The number of hydrogen-bond acceptors (Lipinski definition) is 8. The molecule has 1 aromatic heterocycles. The first kappa shape index (κ1) is 24.8. The van der Waals surface area contributed by atoms with Gasteiger partial charge in [-0.2, -0.15) is 5.26 Å². The number of rotatable bonds is 4. The van der Waals surface area contributed by atoms with Gasteiger partial charge in [-0.1, -0.05) is 60.1 Å². The molecule has 0 aliphatic heterocycles. The van der Waals surface area contributed by atoms with E-state index in [-0.39, 0.29) is 16.8 Å². The average Bonchev–Trinajstić information content (AvgIpc) is 2.82. The Labute approximate surface area is 199 Å². The molecule has 0 atom stereocenters. The fourth-order valence-electron chi connectivity index (χ4n) is 3.01. The van der Waals surface area contributed by atoms with Gasteiger partial charge in [-0.25, -0.2) is 28.0 Å². The number of nitrogens with zero attached hydrogens (tertiary/aromatic N) is 2. The summed E-state index contributed by atoms with van der Waals surface area (Å²) < 4.78 is 23.4. The Morgan fingerprint density at radius 2 is 1.68 bits per heavy atom. The number of carboxylic acids is 1. The number of benzene rings is 3. The highest BCUT2D eigenvalue weighted by Gasteiger charge is 2.20. The van der Waals surface area contributed by atoms with Gasteiger partial charge in [-0.05, 0) is 29.0 Å². The molecule has 11 heteroatoms. The van der Waals surface area contributed by atoms with Crippen LogP contribution in [0.3, 0.4) is 0 Å². The van der Waals surface area contributed by atoms with Gasteiger partial charge in [0, 0.05) is 23.0 Å². The molecule has 4 aromatic rings. The van der Waals surface area contributed by atoms with E-state index in [1.807, 2.05) is 30.3 Å². The minimum absolute atomic E-state index is 0.0877. The van der Waals surface area contributed by atoms with Crippen molar-refractivity contribution in [2.24, 2.45) is 0 Å². The van der Waals surface area contributed by atoms with Crippen molar-refractivity contribution < 1.29 is 33.3 Å². The van der Waals surface area contributed by atoms with E-state index in [0.29, 0.717) is 10.6 Å². The highest BCUT2D eigenvalue weighted by atomic mass is 35.5. The summed E-state index contributed by atoms with van der Waals surface area (Å²) in [6, 6.07) is 18.9. The molecule has 0 saturated carbocycles. The van der Waals surface area contributed by atoms with Crippen LogP contribution in [0.25, 0.3) is 22.0 Å². The second kappa shape index (κ2) is 10.4. The molecule has 174 valence electrons. The highest BCUT2D eigenvalue weighted by Crippen LogP contribution is 2.30. The first-order valence-electron chi connectivity index (χ1n) is 9.51. The van der Waals surface area contributed by atoms with Gasteiger partial charge in [0.15, 0.2) is 0 Å². The molecule has 2 N–H and O–H groups in total. The Kier molecular flexibility index (Phi) is 7.57. The lowest BCUT2D eigenvalue weighted by atomic mass is 9.99. The monoisotopic (exact) mass is 500 g/mol. The first-order valence-corrected chi connectivity index (χ1v) is 11.8. The van der Waals surface area contributed by atoms with Crippen LogP contribution in [0.4, 0.5) is 0 Å². The van der Waals surface area contributed by atoms with E-state index in [9.17, 15) is 23.1 Å². The fraction of sp³-hybridized carbons (Fsp3) is 0.0435. The lowest BCUT2D eigenvalue weighted by molar-refractivity contribution is -0.182. The van der Waals surface area contributed by atoms with Crippen molar-refractivity contribution in [3.8, 4) is 11.3 Å². The topological polar surface area (TPSA) is 144 Å². The predicted molar refractivity (Wildman–Crippen MR) is 125 cm³/mol. The summed E-state index contributed by atoms with van der Waals surface area (Å²) in [5.41, 5.74) is 0.714. The summed E-state index contributed by atoms with van der Waals surface area (Å²) in [5, 5.41) is 19.1. The van der Waals surface area contributed by atoms with Gasteiger partial charge in [-0.3, -0.25) is 4.89 Å². The van der Waals surface area contributed by atoms with Gasteiger partial charge in [-0.15, -0.1) is 0 Å². The minimum atomic E-state index is -3.64. The molecule has 0 radical (unpaired) electrons. The predicted octanol–water partition coefficient (Wildman–Crippen LogP) is 4.37. The Morgan fingerprint density at radius 3 is 2.32 bits per heavy atom. The Balaban J connectivity index is 0.000000248. The zero-order valence-electron chi connectivity index (χ0n) is 17.5. The van der Waals surface area contributed by atoms with Crippen molar-refractivity contribution in [3.05, 3.63) is 89.1 Å². The third-order valence-electron chi connectivity index (χ3n) is 4.52. The van der Waals surface area contributed by atoms with E-state index < -0.39 is 26.9 Å². The van der Waals surface area contributed by atoms with Crippen molar-refractivity contribution in [1.82, 2.24) is 9.97 Å². The van der Waals surface area contributed by atoms with Crippen LogP contribution in [0.15, 0.2) is 78.1 Å². The van der Waals surface area contributed by atoms with Gasteiger partial charge in [0.25, 0.3) is 0 Å². The van der Waals surface area contributed by atoms with E-state index in [0.717, 1.165) is 23.2 Å². The maximum Gasteiger partial charge on any atom is 0.372 e. The lowest BCUT2D eigenvalue weighted by Gasteiger charge is -2.10. The molecule has 0 unspecified atom stereocenters. The van der Waals surface area contributed by atoms with Gasteiger partial charge in [0.1, 0.15) is 5.56 Å². The first-order chi connectivity index (χ1) is 16.1. The molecular formula is C23H17ClN2O7S. The standard InChI is InChI=1S/C16H12N2O4S.C7H5ClO3/c1-23(21,22)16-17-9-13(15(19)20)14(18-16)12-8-4-6-10-5-2-3-7-11(10)12;8-6-3-1-2-5(4-6)7(9)11-10/h2-9H,1H3,(H,19,20);1-4,10H. The zero-order chi connectivity index (χ0) is 24.9. The smallest absolute Gasteiger partial charge is 0.372 e. The van der Waals surface area contributed by atoms with E-state index in [1.54, 1.807) is 24.3 Å². The van der Waals surface area contributed by atoms with Crippen LogP contribution in [0, 0.1) is 0 Å². The number of aromatic carboxylic acids is 1. The number of carbonyl (C=O) groups excluding carboxylic acids is 1. The Morgan fingerprint density at radius 1 is 1.00 bits per heavy atom. The molecule has 0 fully saturated rings. The number of halogens is 1. The van der Waals surface area contributed by atoms with Crippen LogP contribution < -0.4 is 0 Å². The molecule has 0 aliphatic rings. The third-order valence-corrected chi connectivity index (χ3v) is 5.61. The van der Waals surface area contributed by atoms with Crippen LogP contribution >= 0.6 is 11.6 Å². The molecule has 3 aromatic carbocycles. The SMILES string of the molecule is CS(=O)(=O)c1ncc(C(=O)O)c(-c2cccc3ccccc23)n1.O=C(OO)c1cccc(Cl)c1. The van der Waals surface area contributed by atoms with Gasteiger partial charge >= 0.3 is 11.9 Å². The van der Waals surface area contributed by atoms with Gasteiger partial charge in [0.2, 0.25) is 15.0 Å². The van der Waals surface area contributed by atoms with Crippen LogP contribution in [-0.2, 0) is 14.7 Å². The van der Waals surface area contributed by atoms with Crippen LogP contribution in [0.2, 0.25) is 5.02 Å². The largest absolute Gasteiger partial charge is 0.478 e. The number of carbonyl (C=O) groups is 2. The quantitative estimate of drug-likeness (QED) is 0.237. The van der Waals surface area contributed by atoms with E-state index >= 15 is 0 Å². The normalized spacial score (nSPS) is 10.8. The van der Waals surface area contributed by atoms with Crippen molar-refractivity contribution in [1.29, 1.82) is 0 Å². The summed E-state index contributed by atoms with van der Waals surface area (Å²) in [7, 11) is -3.64. The highest BCUT2D eigenvalue weighted by molar-refractivity contribution is 7.90. The van der Waals surface area contributed by atoms with Crippen molar-refractivity contribution in [2.45, 2.75) is 5.16 Å². The summed E-state index contributed by atoms with van der Waals surface area (Å²) in [6.07, 6.45) is 2.01. The molecule has 0 amide bonds. The number of carboxylic acid groups (broad SMARTS) is 1. The number of fused-ring (bicyclic) bond motifs is 1. The van der Waals surface area contributed by atoms with Crippen LogP contribution in [0.5, 0.6) is 0 Å². The third kappa shape index (κ3) is 5.73. The molecule has 9 nitrogen and oxygen atoms in total. The summed E-state index contributed by atoms with van der Waals surface area (Å²) >= 11 is 5.56. The average molecular weight is 501 g/mol. The van der Waals surface area contributed by atoms with Crippen molar-refractivity contribution in [2.75, 3.05) is 6.26 Å². The van der Waals surface area contributed by atoms with Gasteiger partial charge in [0.05, 0.1) is 11.3 Å². The van der Waals surface area contributed by atoms with Crippen molar-refractivity contribution in [3.63, 3.8) is 0 Å². The van der Waals surface area contributed by atoms with Gasteiger partial charge < -0.3 is 5.11 Å². The minimum Gasteiger partial charge on any atom is -0.478 e. The number of aromatic nitrogens is 2. The van der Waals surface area contributed by atoms with Crippen LogP contribution in [-0.4, -0.2) is 46.9 Å². The summed E-state index contributed by atoms with van der Waals surface area (Å²) in [4.78, 5) is 33.3. The number of sulfone groups is 1. The lowest BCUT2D eigenvalue weighted by Crippen LogP contribution is -2.10. The number of hydrogen-bond donors (Lipinski definition) is 2. The zero-order valence-corrected chi connectivity index (χ0v) is 19.1. The summed E-state index contributed by atoms with van der Waals surface area (Å²) in [6.45, 7) is 0. The maximum absolute atomic E-state index is 11.7. The molecule has 0 spiro atoms.